The van der Waals surface area contributed by atoms with Crippen LogP contribution in [0.15, 0.2) is 30.3 Å². The van der Waals surface area contributed by atoms with Crippen molar-refractivity contribution >= 4 is 36.4 Å². The first-order valence-corrected chi connectivity index (χ1v) is 9.91. The molecular weight excluding hydrogens is 382 g/mol. The Hall–Kier alpha value is -1.05. The van der Waals surface area contributed by atoms with Crippen LogP contribution in [0.25, 0.3) is 0 Å². The van der Waals surface area contributed by atoms with Crippen LogP contribution in [-0.2, 0) is 14.3 Å². The van der Waals surface area contributed by atoms with Crippen molar-refractivity contribution in [3.8, 4) is 0 Å². The predicted octanol–water partition coefficient (Wildman–Crippen LogP) is 1.53. The van der Waals surface area contributed by atoms with Gasteiger partial charge in [0.1, 0.15) is 0 Å². The van der Waals surface area contributed by atoms with Gasteiger partial charge in [0.2, 0.25) is 0 Å². The fraction of sp³-hybridized carbons (Fsp3) is 0.500. The number of carbonyl (C=O) groups is 2. The van der Waals surface area contributed by atoms with Crippen LogP contribution in [0.5, 0.6) is 0 Å². The van der Waals surface area contributed by atoms with E-state index in [1.807, 2.05) is 19.9 Å². The Labute approximate surface area is 136 Å². The van der Waals surface area contributed by atoms with Crippen LogP contribution < -0.4 is 8.93 Å². The summed E-state index contributed by atoms with van der Waals surface area (Å²) >= 11 is -0.208. The van der Waals surface area contributed by atoms with Gasteiger partial charge in [-0.15, -0.1) is 0 Å². The second-order valence-corrected chi connectivity index (χ2v) is 8.41. The summed E-state index contributed by atoms with van der Waals surface area (Å²) in [5.41, 5.74) is 0. The van der Waals surface area contributed by atoms with E-state index in [4.69, 9.17) is 4.74 Å². The van der Waals surface area contributed by atoms with E-state index in [0.717, 1.165) is 10.9 Å². The molecule has 0 bridgehead atoms. The number of amides is 1. The van der Waals surface area contributed by atoms with E-state index in [9.17, 15) is 9.59 Å². The van der Waals surface area contributed by atoms with E-state index in [-0.39, 0.29) is 38.7 Å². The summed E-state index contributed by atoms with van der Waals surface area (Å²) in [6, 6.07) is 9.87. The van der Waals surface area contributed by atoms with Gasteiger partial charge in [0.25, 0.3) is 0 Å². The molecule has 0 saturated heterocycles. The van der Waals surface area contributed by atoms with E-state index < -0.39 is 6.04 Å². The van der Waals surface area contributed by atoms with E-state index >= 15 is 0 Å². The zero-order valence-electron chi connectivity index (χ0n) is 12.8. The van der Waals surface area contributed by atoms with Gasteiger partial charge in [-0.1, -0.05) is 0 Å². The van der Waals surface area contributed by atoms with E-state index in [2.05, 4.69) is 29.6 Å². The van der Waals surface area contributed by atoms with E-state index in [0.29, 0.717) is 6.42 Å². The number of benzene rings is 1. The van der Waals surface area contributed by atoms with Crippen molar-refractivity contribution < 1.29 is 14.3 Å². The molecule has 21 heavy (non-hydrogen) atoms. The third-order valence-electron chi connectivity index (χ3n) is 3.00. The molecule has 1 rings (SSSR count). The first kappa shape index (κ1) is 18.0. The number of hydrogen-bond donors (Lipinski definition) is 1. The fourth-order valence-electron chi connectivity index (χ4n) is 1.81. The SMILES string of the molecule is COC(=O)[C@@H](NC(=O)CCC[Te]c1ccccc1)C(C)C. The van der Waals surface area contributed by atoms with Crippen molar-refractivity contribution in [2.24, 2.45) is 5.92 Å². The molecule has 0 aliphatic carbocycles. The van der Waals surface area contributed by atoms with Gasteiger partial charge < -0.3 is 0 Å². The third kappa shape index (κ3) is 6.97. The molecule has 1 amide bonds. The fourth-order valence-corrected chi connectivity index (χ4v) is 4.30. The molecule has 1 atom stereocenters. The molecule has 1 aromatic carbocycles. The van der Waals surface area contributed by atoms with Crippen LogP contribution in [0.1, 0.15) is 26.7 Å². The Morgan fingerprint density at radius 1 is 1.24 bits per heavy atom. The molecule has 0 aliphatic heterocycles. The van der Waals surface area contributed by atoms with Gasteiger partial charge in [-0.25, -0.2) is 0 Å². The maximum atomic E-state index is 11.9. The average Bonchev–Trinajstić information content (AvgIpc) is 2.49. The number of ether oxygens (including phenoxy) is 1. The van der Waals surface area contributed by atoms with Gasteiger partial charge in [-0.05, 0) is 0 Å². The number of hydrogen-bond acceptors (Lipinski definition) is 3. The minimum absolute atomic E-state index is 0.0273. The van der Waals surface area contributed by atoms with Crippen molar-refractivity contribution in [1.29, 1.82) is 0 Å². The monoisotopic (exact) mass is 407 g/mol. The summed E-state index contributed by atoms with van der Waals surface area (Å²) in [6.07, 6.45) is 1.34. The molecule has 1 aromatic rings. The normalized spacial score (nSPS) is 12.0. The summed E-state index contributed by atoms with van der Waals surface area (Å²) in [5, 5.41) is 2.77. The van der Waals surface area contributed by atoms with Crippen LogP contribution in [-0.4, -0.2) is 46.0 Å². The Kier molecular flexibility index (Phi) is 8.41. The molecule has 0 radical (unpaired) electrons. The first-order chi connectivity index (χ1) is 10.0. The van der Waals surface area contributed by atoms with Gasteiger partial charge >= 0.3 is 137 Å². The number of esters is 1. The average molecular weight is 405 g/mol. The molecule has 0 saturated carbocycles. The number of carbonyl (C=O) groups excluding carboxylic acids is 2. The topological polar surface area (TPSA) is 55.4 Å². The van der Waals surface area contributed by atoms with Crippen molar-refractivity contribution in [3.63, 3.8) is 0 Å². The third-order valence-corrected chi connectivity index (χ3v) is 6.13. The van der Waals surface area contributed by atoms with Gasteiger partial charge in [-0.3, -0.25) is 0 Å². The van der Waals surface area contributed by atoms with Crippen molar-refractivity contribution in [3.05, 3.63) is 30.3 Å². The predicted molar refractivity (Wildman–Crippen MR) is 84.7 cm³/mol. The molecule has 0 aromatic heterocycles. The van der Waals surface area contributed by atoms with E-state index in [1.165, 1.54) is 10.7 Å². The quantitative estimate of drug-likeness (QED) is 0.406. The second kappa shape index (κ2) is 9.81. The number of methoxy groups -OCH3 is 1. The van der Waals surface area contributed by atoms with E-state index in [1.54, 1.807) is 0 Å². The van der Waals surface area contributed by atoms with Crippen molar-refractivity contribution in [1.82, 2.24) is 5.32 Å². The second-order valence-electron chi connectivity index (χ2n) is 5.08. The van der Waals surface area contributed by atoms with Crippen LogP contribution >= 0.6 is 0 Å². The molecule has 116 valence electrons. The number of nitrogens with one attached hydrogen (secondary N) is 1. The molecule has 0 unspecified atom stereocenters. The summed E-state index contributed by atoms with van der Waals surface area (Å²) in [4.78, 5) is 23.5. The van der Waals surface area contributed by atoms with Crippen molar-refractivity contribution in [2.45, 2.75) is 37.2 Å². The summed E-state index contributed by atoms with van der Waals surface area (Å²) < 4.78 is 7.22. The maximum absolute atomic E-state index is 11.9. The van der Waals surface area contributed by atoms with Gasteiger partial charge in [-0.2, -0.15) is 0 Å². The summed E-state index contributed by atoms with van der Waals surface area (Å²) in [6.45, 7) is 3.79. The first-order valence-electron chi connectivity index (χ1n) is 7.09. The molecular formula is C16H23NO3Te. The Morgan fingerprint density at radius 3 is 2.48 bits per heavy atom. The molecule has 5 heteroatoms. The zero-order valence-corrected chi connectivity index (χ0v) is 15.1. The van der Waals surface area contributed by atoms with Crippen LogP contribution in [0, 0.1) is 5.92 Å². The van der Waals surface area contributed by atoms with Crippen molar-refractivity contribution in [2.75, 3.05) is 7.11 Å². The summed E-state index contributed by atoms with van der Waals surface area (Å²) in [5.74, 6) is -0.421. The van der Waals surface area contributed by atoms with Crippen LogP contribution in [0.2, 0.25) is 4.47 Å². The minimum atomic E-state index is -0.548. The Morgan fingerprint density at radius 2 is 1.90 bits per heavy atom. The van der Waals surface area contributed by atoms with Gasteiger partial charge in [0, 0.05) is 0 Å². The van der Waals surface area contributed by atoms with Gasteiger partial charge in [0.15, 0.2) is 0 Å². The number of rotatable bonds is 8. The molecule has 0 fully saturated rings. The zero-order chi connectivity index (χ0) is 15.7. The Bertz CT molecular complexity index is 448. The molecule has 0 heterocycles. The van der Waals surface area contributed by atoms with Crippen LogP contribution in [0.4, 0.5) is 0 Å². The molecule has 1 N–H and O–H groups in total. The van der Waals surface area contributed by atoms with Gasteiger partial charge in [0.05, 0.1) is 0 Å². The molecule has 4 nitrogen and oxygen atoms in total. The standard InChI is InChI=1S/C16H23NO3Te/c1-12(2)15(16(19)20-3)17-14(18)10-7-11-21-13-8-5-4-6-9-13/h4-6,8-9,12,15H,7,10-11H2,1-3H3,(H,17,18)/t15-/m0/s1. The Balaban J connectivity index is 2.28. The summed E-state index contributed by atoms with van der Waals surface area (Å²) in [7, 11) is 1.34. The molecule has 0 spiro atoms. The van der Waals surface area contributed by atoms with Crippen LogP contribution in [0.3, 0.4) is 0 Å². The molecule has 0 aliphatic rings.